The number of ketones is 1. The van der Waals surface area contributed by atoms with Crippen LogP contribution in [-0.2, 0) is 14.3 Å². The molecule has 2 rings (SSSR count). The first-order valence-corrected chi connectivity index (χ1v) is 5.34. The maximum absolute atomic E-state index is 11.5. The molecular weight excluding hydrogens is 204 g/mol. The Morgan fingerprint density at radius 3 is 2.62 bits per heavy atom. The van der Waals surface area contributed by atoms with Crippen LogP contribution in [0.1, 0.15) is 12.0 Å². The lowest BCUT2D eigenvalue weighted by Gasteiger charge is -2.04. The van der Waals surface area contributed by atoms with E-state index in [0.717, 1.165) is 5.56 Å². The molecule has 1 fully saturated rings. The van der Waals surface area contributed by atoms with Gasteiger partial charge in [-0.3, -0.25) is 4.79 Å². The third kappa shape index (κ3) is 3.29. The molecule has 84 valence electrons. The lowest BCUT2D eigenvalue weighted by molar-refractivity contribution is -0.122. The molecule has 0 unspecified atom stereocenters. The Morgan fingerprint density at radius 1 is 1.25 bits per heavy atom. The molecule has 0 N–H and O–H groups in total. The van der Waals surface area contributed by atoms with Gasteiger partial charge in [-0.15, -0.1) is 0 Å². The largest absolute Gasteiger partial charge is 0.350 e. The van der Waals surface area contributed by atoms with Crippen molar-refractivity contribution in [2.24, 2.45) is 0 Å². The van der Waals surface area contributed by atoms with Gasteiger partial charge in [-0.2, -0.15) is 0 Å². The van der Waals surface area contributed by atoms with E-state index in [1.54, 1.807) is 12.2 Å². The molecule has 1 aromatic carbocycles. The minimum Gasteiger partial charge on any atom is -0.350 e. The normalized spacial score (nSPS) is 17.0. The van der Waals surface area contributed by atoms with E-state index in [0.29, 0.717) is 19.6 Å². The summed E-state index contributed by atoms with van der Waals surface area (Å²) < 4.78 is 10.4. The summed E-state index contributed by atoms with van der Waals surface area (Å²) >= 11 is 0. The second-order valence-electron chi connectivity index (χ2n) is 3.59. The van der Waals surface area contributed by atoms with Gasteiger partial charge in [0.25, 0.3) is 0 Å². The Hall–Kier alpha value is -1.45. The molecule has 0 spiro atoms. The highest BCUT2D eigenvalue weighted by atomic mass is 16.7. The molecule has 0 saturated carbocycles. The van der Waals surface area contributed by atoms with Gasteiger partial charge in [-0.25, -0.2) is 0 Å². The van der Waals surface area contributed by atoms with Gasteiger partial charge in [-0.1, -0.05) is 36.4 Å². The van der Waals surface area contributed by atoms with Crippen LogP contribution in [0.5, 0.6) is 0 Å². The van der Waals surface area contributed by atoms with E-state index in [1.807, 2.05) is 30.3 Å². The van der Waals surface area contributed by atoms with Crippen LogP contribution in [0.15, 0.2) is 36.4 Å². The fraction of sp³-hybridized carbons (Fsp3) is 0.308. The summed E-state index contributed by atoms with van der Waals surface area (Å²) in [6.45, 7) is 1.17. The molecule has 1 aromatic rings. The molecule has 1 saturated heterocycles. The molecule has 0 aliphatic carbocycles. The molecule has 0 bridgehead atoms. The van der Waals surface area contributed by atoms with Gasteiger partial charge in [0.2, 0.25) is 0 Å². The highest BCUT2D eigenvalue weighted by Crippen LogP contribution is 2.09. The van der Waals surface area contributed by atoms with Crippen molar-refractivity contribution in [3.63, 3.8) is 0 Å². The minimum atomic E-state index is -0.354. The molecule has 1 aliphatic heterocycles. The number of carbonyl (C=O) groups is 1. The quantitative estimate of drug-likeness (QED) is 0.725. The number of carbonyl (C=O) groups excluding carboxylic acids is 1. The first-order chi connectivity index (χ1) is 7.84. The molecule has 0 radical (unpaired) electrons. The van der Waals surface area contributed by atoms with Crippen molar-refractivity contribution in [1.82, 2.24) is 0 Å². The van der Waals surface area contributed by atoms with E-state index in [4.69, 9.17) is 9.47 Å². The summed E-state index contributed by atoms with van der Waals surface area (Å²) in [6, 6.07) is 9.72. The number of allylic oxidation sites excluding steroid dienone is 1. The Balaban J connectivity index is 1.84. The number of hydrogen-bond acceptors (Lipinski definition) is 3. The average molecular weight is 218 g/mol. The molecule has 0 aromatic heterocycles. The lowest BCUT2D eigenvalue weighted by Crippen LogP contribution is -2.12. The van der Waals surface area contributed by atoms with Crippen LogP contribution in [0.2, 0.25) is 0 Å². The van der Waals surface area contributed by atoms with Crippen LogP contribution in [0.4, 0.5) is 0 Å². The summed E-state index contributed by atoms with van der Waals surface area (Å²) in [5, 5.41) is 0. The zero-order chi connectivity index (χ0) is 11.2. The van der Waals surface area contributed by atoms with E-state index in [1.165, 1.54) is 0 Å². The first-order valence-electron chi connectivity index (χ1n) is 5.34. The van der Waals surface area contributed by atoms with Crippen molar-refractivity contribution in [2.75, 3.05) is 13.2 Å². The number of benzene rings is 1. The average Bonchev–Trinajstić information content (AvgIpc) is 2.81. The molecule has 16 heavy (non-hydrogen) atoms. The number of ether oxygens (including phenoxy) is 2. The van der Waals surface area contributed by atoms with E-state index in [2.05, 4.69) is 0 Å². The predicted molar refractivity (Wildman–Crippen MR) is 60.8 cm³/mol. The van der Waals surface area contributed by atoms with E-state index in [-0.39, 0.29) is 12.1 Å². The van der Waals surface area contributed by atoms with Gasteiger partial charge >= 0.3 is 0 Å². The summed E-state index contributed by atoms with van der Waals surface area (Å²) in [7, 11) is 0. The smallest absolute Gasteiger partial charge is 0.165 e. The Morgan fingerprint density at radius 2 is 1.94 bits per heavy atom. The van der Waals surface area contributed by atoms with Crippen molar-refractivity contribution in [2.45, 2.75) is 12.7 Å². The summed E-state index contributed by atoms with van der Waals surface area (Å²) in [5.74, 6) is 0.0238. The van der Waals surface area contributed by atoms with Crippen molar-refractivity contribution >= 4 is 11.9 Å². The van der Waals surface area contributed by atoms with Crippen LogP contribution < -0.4 is 0 Å². The molecule has 0 atom stereocenters. The number of hydrogen-bond donors (Lipinski definition) is 0. The van der Waals surface area contributed by atoms with E-state index in [9.17, 15) is 4.79 Å². The van der Waals surface area contributed by atoms with E-state index < -0.39 is 0 Å². The second kappa shape index (κ2) is 5.58. The third-order valence-corrected chi connectivity index (χ3v) is 2.32. The van der Waals surface area contributed by atoms with Crippen LogP contribution in [0.25, 0.3) is 6.08 Å². The predicted octanol–water partition coefficient (Wildman–Crippen LogP) is 2.03. The molecule has 3 nitrogen and oxygen atoms in total. The second-order valence-corrected chi connectivity index (χ2v) is 3.59. The Kier molecular flexibility index (Phi) is 3.86. The van der Waals surface area contributed by atoms with Crippen LogP contribution in [0, 0.1) is 0 Å². The van der Waals surface area contributed by atoms with Crippen LogP contribution in [-0.4, -0.2) is 25.3 Å². The van der Waals surface area contributed by atoms with Gasteiger partial charge in [0, 0.05) is 0 Å². The zero-order valence-electron chi connectivity index (χ0n) is 8.96. The van der Waals surface area contributed by atoms with Gasteiger partial charge in [-0.05, 0) is 11.6 Å². The summed E-state index contributed by atoms with van der Waals surface area (Å²) in [5.41, 5.74) is 1.02. The highest BCUT2D eigenvalue weighted by Gasteiger charge is 2.17. The third-order valence-electron chi connectivity index (χ3n) is 2.32. The number of rotatable bonds is 4. The fourth-order valence-electron chi connectivity index (χ4n) is 1.51. The van der Waals surface area contributed by atoms with Gasteiger partial charge in [0.05, 0.1) is 19.6 Å². The van der Waals surface area contributed by atoms with Crippen molar-refractivity contribution in [3.8, 4) is 0 Å². The zero-order valence-corrected chi connectivity index (χ0v) is 8.96. The maximum Gasteiger partial charge on any atom is 0.165 e. The SMILES string of the molecule is O=C(/C=C/c1ccccc1)CC1OCCO1. The molecular formula is C13H14O3. The highest BCUT2D eigenvalue weighted by molar-refractivity contribution is 5.93. The molecule has 1 heterocycles. The Labute approximate surface area is 94.7 Å². The molecule has 0 amide bonds. The monoisotopic (exact) mass is 218 g/mol. The van der Waals surface area contributed by atoms with Crippen molar-refractivity contribution in [1.29, 1.82) is 0 Å². The molecule has 1 aliphatic rings. The first kappa shape index (κ1) is 11.0. The molecule has 3 heteroatoms. The Bertz CT molecular complexity index is 364. The maximum atomic E-state index is 11.5. The van der Waals surface area contributed by atoms with Gasteiger partial charge in [0.1, 0.15) is 0 Å². The van der Waals surface area contributed by atoms with Gasteiger partial charge in [0.15, 0.2) is 12.1 Å². The van der Waals surface area contributed by atoms with Gasteiger partial charge < -0.3 is 9.47 Å². The standard InChI is InChI=1S/C13H14O3/c14-12(10-13-15-8-9-16-13)7-6-11-4-2-1-3-5-11/h1-7,13H,8-10H2/b7-6+. The fourth-order valence-corrected chi connectivity index (χ4v) is 1.51. The van der Waals surface area contributed by atoms with Crippen LogP contribution >= 0.6 is 0 Å². The van der Waals surface area contributed by atoms with Crippen molar-refractivity contribution < 1.29 is 14.3 Å². The topological polar surface area (TPSA) is 35.5 Å². The van der Waals surface area contributed by atoms with E-state index >= 15 is 0 Å². The summed E-state index contributed by atoms with van der Waals surface area (Å²) in [6.07, 6.45) is 3.31. The van der Waals surface area contributed by atoms with Crippen molar-refractivity contribution in [3.05, 3.63) is 42.0 Å². The lowest BCUT2D eigenvalue weighted by atomic mass is 10.2. The summed E-state index contributed by atoms with van der Waals surface area (Å²) in [4.78, 5) is 11.5. The minimum absolute atomic E-state index is 0.0238. The van der Waals surface area contributed by atoms with Crippen LogP contribution in [0.3, 0.4) is 0 Å².